The lowest BCUT2D eigenvalue weighted by atomic mass is 10.1. The van der Waals surface area contributed by atoms with Crippen molar-refractivity contribution in [3.63, 3.8) is 0 Å². The summed E-state index contributed by atoms with van der Waals surface area (Å²) in [5, 5.41) is 5.72. The molecule has 3 aromatic rings. The molecule has 2 N–H and O–H groups in total. The molecule has 0 unspecified atom stereocenters. The number of nitrogens with one attached hydrogen (secondary N) is 2. The van der Waals surface area contributed by atoms with Crippen molar-refractivity contribution in [2.45, 2.75) is 13.8 Å². The zero-order chi connectivity index (χ0) is 25.2. The van der Waals surface area contributed by atoms with Gasteiger partial charge in [0.15, 0.2) is 6.61 Å². The molecule has 0 aliphatic rings. The van der Waals surface area contributed by atoms with Gasteiger partial charge in [0, 0.05) is 30.5 Å². The van der Waals surface area contributed by atoms with E-state index in [0.717, 1.165) is 0 Å². The van der Waals surface area contributed by atoms with Gasteiger partial charge in [-0.15, -0.1) is 0 Å². The Morgan fingerprint density at radius 2 is 1.74 bits per heavy atom. The Morgan fingerprint density at radius 1 is 0.971 bits per heavy atom. The van der Waals surface area contributed by atoms with Crippen LogP contribution in [0, 0.1) is 0 Å². The molecule has 3 rings (SSSR count). The van der Waals surface area contributed by atoms with Gasteiger partial charge < -0.3 is 25.0 Å². The summed E-state index contributed by atoms with van der Waals surface area (Å²) in [4.78, 5) is 43.5. The number of esters is 1. The molecule has 0 saturated carbocycles. The Bertz CT molecular complexity index is 1190. The lowest BCUT2D eigenvalue weighted by Gasteiger charge is -2.19. The van der Waals surface area contributed by atoms with Crippen molar-refractivity contribution in [1.82, 2.24) is 9.88 Å². The van der Waals surface area contributed by atoms with E-state index in [9.17, 15) is 14.4 Å². The van der Waals surface area contributed by atoms with Crippen LogP contribution in [-0.4, -0.2) is 54.5 Å². The second kappa shape index (κ2) is 12.2. The first-order valence-electron chi connectivity index (χ1n) is 11.2. The highest BCUT2D eigenvalue weighted by Gasteiger charge is 2.17. The van der Waals surface area contributed by atoms with Gasteiger partial charge in [-0.1, -0.05) is 18.2 Å². The molecule has 9 nitrogen and oxygen atoms in total. The van der Waals surface area contributed by atoms with Crippen molar-refractivity contribution in [3.05, 3.63) is 78.0 Å². The molecule has 0 atom stereocenters. The van der Waals surface area contributed by atoms with Crippen LogP contribution < -0.4 is 15.4 Å². The number of aromatic nitrogens is 1. The molecule has 1 aromatic heterocycles. The van der Waals surface area contributed by atoms with E-state index in [2.05, 4.69) is 15.6 Å². The Morgan fingerprint density at radius 3 is 2.49 bits per heavy atom. The van der Waals surface area contributed by atoms with E-state index in [4.69, 9.17) is 9.47 Å². The predicted octanol–water partition coefficient (Wildman–Crippen LogP) is 4.11. The van der Waals surface area contributed by atoms with E-state index in [0.29, 0.717) is 35.8 Å². The van der Waals surface area contributed by atoms with Crippen molar-refractivity contribution in [2.24, 2.45) is 0 Å². The average Bonchev–Trinajstić information content (AvgIpc) is 2.88. The van der Waals surface area contributed by atoms with Crippen molar-refractivity contribution < 1.29 is 23.9 Å². The van der Waals surface area contributed by atoms with E-state index in [1.165, 1.54) is 6.20 Å². The van der Waals surface area contributed by atoms with Gasteiger partial charge in [0.25, 0.3) is 11.8 Å². The van der Waals surface area contributed by atoms with Gasteiger partial charge >= 0.3 is 5.97 Å². The van der Waals surface area contributed by atoms with Crippen LogP contribution in [0.25, 0.3) is 0 Å². The summed E-state index contributed by atoms with van der Waals surface area (Å²) in [6.45, 7) is 4.48. The van der Waals surface area contributed by atoms with Gasteiger partial charge in [0.2, 0.25) is 0 Å². The second-order valence-corrected chi connectivity index (χ2v) is 7.41. The molecule has 0 aliphatic heterocycles. The molecular weight excluding hydrogens is 448 g/mol. The number of rotatable bonds is 10. The van der Waals surface area contributed by atoms with E-state index < -0.39 is 18.5 Å². The standard InChI is InChI=1S/C26H28N4O5/c1-4-30(5-2)25(32)18-10-8-11-19(16-18)28-23(31)17-35-26(33)20-12-9-15-27-24(20)29-21-13-6-7-14-22(21)34-3/h6-16H,4-5,17H2,1-3H3,(H,27,29)(H,28,31). The summed E-state index contributed by atoms with van der Waals surface area (Å²) < 4.78 is 10.5. The molecule has 2 aromatic carbocycles. The van der Waals surface area contributed by atoms with Crippen LogP contribution in [0.2, 0.25) is 0 Å². The molecule has 35 heavy (non-hydrogen) atoms. The fourth-order valence-electron chi connectivity index (χ4n) is 3.37. The van der Waals surface area contributed by atoms with Gasteiger partial charge in [-0.05, 0) is 56.3 Å². The summed E-state index contributed by atoms with van der Waals surface area (Å²) in [6.07, 6.45) is 1.54. The molecule has 0 spiro atoms. The van der Waals surface area contributed by atoms with Crippen LogP contribution in [0.3, 0.4) is 0 Å². The number of ether oxygens (including phenoxy) is 2. The van der Waals surface area contributed by atoms with Crippen LogP contribution in [0.5, 0.6) is 5.75 Å². The SMILES string of the molecule is CCN(CC)C(=O)c1cccc(NC(=O)COC(=O)c2cccnc2Nc2ccccc2OC)c1. The Labute approximate surface area is 204 Å². The number of hydrogen-bond acceptors (Lipinski definition) is 7. The predicted molar refractivity (Wildman–Crippen MR) is 133 cm³/mol. The fourth-order valence-corrected chi connectivity index (χ4v) is 3.37. The monoisotopic (exact) mass is 476 g/mol. The first-order valence-corrected chi connectivity index (χ1v) is 11.2. The lowest BCUT2D eigenvalue weighted by molar-refractivity contribution is -0.119. The van der Waals surface area contributed by atoms with E-state index >= 15 is 0 Å². The van der Waals surface area contributed by atoms with Gasteiger partial charge in [-0.2, -0.15) is 0 Å². The van der Waals surface area contributed by atoms with Gasteiger partial charge in [-0.25, -0.2) is 9.78 Å². The zero-order valence-electron chi connectivity index (χ0n) is 19.9. The molecular formula is C26H28N4O5. The quantitative estimate of drug-likeness (QED) is 0.424. The van der Waals surface area contributed by atoms with Gasteiger partial charge in [0.05, 0.1) is 12.8 Å². The number of anilines is 3. The smallest absolute Gasteiger partial charge is 0.342 e. The minimum absolute atomic E-state index is 0.121. The number of carbonyl (C=O) groups excluding carboxylic acids is 3. The number of para-hydroxylation sites is 2. The summed E-state index contributed by atoms with van der Waals surface area (Å²) in [6, 6.07) is 17.0. The Kier molecular flexibility index (Phi) is 8.77. The number of methoxy groups -OCH3 is 1. The molecule has 1 heterocycles. The molecule has 0 saturated heterocycles. The second-order valence-electron chi connectivity index (χ2n) is 7.41. The summed E-state index contributed by atoms with van der Waals surface area (Å²) in [5.74, 6) is -0.516. The minimum Gasteiger partial charge on any atom is -0.495 e. The highest BCUT2D eigenvalue weighted by Crippen LogP contribution is 2.27. The molecule has 0 fully saturated rings. The summed E-state index contributed by atoms with van der Waals surface area (Å²) in [7, 11) is 1.54. The number of carbonyl (C=O) groups is 3. The first kappa shape index (κ1) is 25.2. The third-order valence-electron chi connectivity index (χ3n) is 5.17. The third-order valence-corrected chi connectivity index (χ3v) is 5.17. The normalized spacial score (nSPS) is 10.3. The number of amides is 2. The van der Waals surface area contributed by atoms with Gasteiger partial charge in [-0.3, -0.25) is 9.59 Å². The first-order chi connectivity index (χ1) is 17.0. The van der Waals surface area contributed by atoms with Crippen LogP contribution in [0.4, 0.5) is 17.2 Å². The largest absolute Gasteiger partial charge is 0.495 e. The number of benzene rings is 2. The van der Waals surface area contributed by atoms with Crippen LogP contribution in [-0.2, 0) is 9.53 Å². The molecule has 0 bridgehead atoms. The molecule has 182 valence electrons. The highest BCUT2D eigenvalue weighted by atomic mass is 16.5. The number of pyridine rings is 1. The van der Waals surface area contributed by atoms with Crippen molar-refractivity contribution >= 4 is 35.0 Å². The fraction of sp³-hybridized carbons (Fsp3) is 0.231. The van der Waals surface area contributed by atoms with Crippen LogP contribution >= 0.6 is 0 Å². The maximum Gasteiger partial charge on any atom is 0.342 e. The maximum absolute atomic E-state index is 12.7. The van der Waals surface area contributed by atoms with Crippen molar-refractivity contribution in [3.8, 4) is 5.75 Å². The number of nitrogens with zero attached hydrogens (tertiary/aromatic N) is 2. The lowest BCUT2D eigenvalue weighted by Crippen LogP contribution is -2.30. The molecule has 0 radical (unpaired) electrons. The average molecular weight is 477 g/mol. The van der Waals surface area contributed by atoms with Crippen LogP contribution in [0.15, 0.2) is 66.9 Å². The third kappa shape index (κ3) is 6.57. The minimum atomic E-state index is -0.712. The van der Waals surface area contributed by atoms with Crippen molar-refractivity contribution in [2.75, 3.05) is 37.4 Å². The van der Waals surface area contributed by atoms with E-state index in [-0.39, 0.29) is 17.3 Å². The van der Waals surface area contributed by atoms with Crippen LogP contribution in [0.1, 0.15) is 34.6 Å². The van der Waals surface area contributed by atoms with Crippen molar-refractivity contribution in [1.29, 1.82) is 0 Å². The van der Waals surface area contributed by atoms with Gasteiger partial charge in [0.1, 0.15) is 17.1 Å². The number of hydrogen-bond donors (Lipinski definition) is 2. The van der Waals surface area contributed by atoms with E-state index in [1.807, 2.05) is 26.0 Å². The summed E-state index contributed by atoms with van der Waals surface area (Å²) in [5.41, 5.74) is 1.69. The highest BCUT2D eigenvalue weighted by molar-refractivity contribution is 5.99. The topological polar surface area (TPSA) is 110 Å². The maximum atomic E-state index is 12.7. The van der Waals surface area contributed by atoms with E-state index in [1.54, 1.807) is 60.5 Å². The zero-order valence-corrected chi connectivity index (χ0v) is 19.9. The molecule has 2 amide bonds. The summed E-state index contributed by atoms with van der Waals surface area (Å²) >= 11 is 0. The Hall–Kier alpha value is -4.40. The molecule has 0 aliphatic carbocycles. The Balaban J connectivity index is 1.63. The molecule has 9 heteroatoms.